The van der Waals surface area contributed by atoms with Gasteiger partial charge in [-0.15, -0.1) is 0 Å². The van der Waals surface area contributed by atoms with Crippen molar-refractivity contribution < 1.29 is 23.5 Å². The number of aromatic nitrogens is 1. The molecule has 2 aromatic rings. The molecule has 0 aliphatic heterocycles. The lowest BCUT2D eigenvalue weighted by atomic mass is 10.0. The molecule has 2 rings (SSSR count). The van der Waals surface area contributed by atoms with Gasteiger partial charge in [0.15, 0.2) is 0 Å². The van der Waals surface area contributed by atoms with Gasteiger partial charge in [0.1, 0.15) is 11.8 Å². The molecule has 0 aliphatic rings. The number of benzene rings is 1. The zero-order chi connectivity index (χ0) is 20.0. The van der Waals surface area contributed by atoms with Crippen LogP contribution in [-0.4, -0.2) is 40.0 Å². The fourth-order valence-corrected chi connectivity index (χ4v) is 4.32. The zero-order valence-corrected chi connectivity index (χ0v) is 15.9. The first-order chi connectivity index (χ1) is 12.8. The Kier molecular flexibility index (Phi) is 6.89. The van der Waals surface area contributed by atoms with Crippen molar-refractivity contribution in [3.05, 3.63) is 54.4 Å². The van der Waals surface area contributed by atoms with Gasteiger partial charge in [0.05, 0.1) is 4.90 Å². The summed E-state index contributed by atoms with van der Waals surface area (Å²) < 4.78 is 27.5. The molecule has 146 valence electrons. The van der Waals surface area contributed by atoms with E-state index in [1.807, 2.05) is 13.8 Å². The largest absolute Gasteiger partial charge is 0.508 e. The Morgan fingerprint density at radius 1 is 1.26 bits per heavy atom. The SMILES string of the molecule is CC(C)C[C@H](C(=O)NO)N(Cc1cccnc1)S(=O)(=O)c1cccc(O)c1. The van der Waals surface area contributed by atoms with E-state index in [9.17, 15) is 18.3 Å². The second-order valence-corrected chi connectivity index (χ2v) is 8.42. The maximum Gasteiger partial charge on any atom is 0.261 e. The standard InChI is InChI=1S/C18H23N3O5S/c1-13(2)9-17(18(23)20-24)21(12-14-5-4-8-19-11-14)27(25,26)16-7-3-6-15(22)10-16/h3-8,10-11,13,17,22,24H,9,12H2,1-2H3,(H,20,23)/t17-/m1/s1. The average molecular weight is 393 g/mol. The Hall–Kier alpha value is -2.49. The molecule has 8 nitrogen and oxygen atoms in total. The van der Waals surface area contributed by atoms with Crippen LogP contribution in [0.1, 0.15) is 25.8 Å². The monoisotopic (exact) mass is 393 g/mol. The highest BCUT2D eigenvalue weighted by atomic mass is 32.2. The van der Waals surface area contributed by atoms with Crippen molar-refractivity contribution >= 4 is 15.9 Å². The Labute approximate surface area is 158 Å². The van der Waals surface area contributed by atoms with Crippen LogP contribution in [0.3, 0.4) is 0 Å². The highest BCUT2D eigenvalue weighted by molar-refractivity contribution is 7.89. The summed E-state index contributed by atoms with van der Waals surface area (Å²) in [7, 11) is -4.15. The summed E-state index contributed by atoms with van der Waals surface area (Å²) >= 11 is 0. The van der Waals surface area contributed by atoms with Crippen molar-refractivity contribution in [2.24, 2.45) is 5.92 Å². The second kappa shape index (κ2) is 8.94. The van der Waals surface area contributed by atoms with Gasteiger partial charge in [0.25, 0.3) is 5.91 Å². The maximum absolute atomic E-state index is 13.3. The second-order valence-electron chi connectivity index (χ2n) is 6.53. The minimum atomic E-state index is -4.15. The number of nitrogens with zero attached hydrogens (tertiary/aromatic N) is 2. The predicted octanol–water partition coefficient (Wildman–Crippen LogP) is 1.90. The van der Waals surface area contributed by atoms with Crippen LogP contribution in [0.5, 0.6) is 5.75 Å². The molecule has 3 N–H and O–H groups in total. The highest BCUT2D eigenvalue weighted by Gasteiger charge is 2.36. The number of sulfonamides is 1. The molecule has 9 heteroatoms. The van der Waals surface area contributed by atoms with Crippen LogP contribution >= 0.6 is 0 Å². The number of carbonyl (C=O) groups excluding carboxylic acids is 1. The number of aromatic hydroxyl groups is 1. The molecule has 0 bridgehead atoms. The van der Waals surface area contributed by atoms with Crippen LogP contribution in [0.25, 0.3) is 0 Å². The van der Waals surface area contributed by atoms with E-state index < -0.39 is 22.0 Å². The number of pyridine rings is 1. The topological polar surface area (TPSA) is 120 Å². The van der Waals surface area contributed by atoms with Crippen LogP contribution in [0.15, 0.2) is 53.7 Å². The number of rotatable bonds is 8. The summed E-state index contributed by atoms with van der Waals surface area (Å²) in [6.45, 7) is 3.58. The fraction of sp³-hybridized carbons (Fsp3) is 0.333. The van der Waals surface area contributed by atoms with E-state index in [2.05, 4.69) is 4.98 Å². The number of amides is 1. The van der Waals surface area contributed by atoms with Crippen molar-refractivity contribution in [2.75, 3.05) is 0 Å². The van der Waals surface area contributed by atoms with Gasteiger partial charge >= 0.3 is 0 Å². The lowest BCUT2D eigenvalue weighted by molar-refractivity contribution is -0.133. The Bertz CT molecular complexity index is 872. The Morgan fingerprint density at radius 2 is 2.00 bits per heavy atom. The van der Waals surface area contributed by atoms with Crippen molar-refractivity contribution in [2.45, 2.75) is 37.8 Å². The summed E-state index contributed by atoms with van der Waals surface area (Å²) in [6.07, 6.45) is 3.27. The van der Waals surface area contributed by atoms with Gasteiger partial charge in [0.2, 0.25) is 10.0 Å². The third kappa shape index (κ3) is 5.25. The van der Waals surface area contributed by atoms with E-state index in [0.717, 1.165) is 10.4 Å². The van der Waals surface area contributed by atoms with Crippen LogP contribution < -0.4 is 5.48 Å². The molecule has 1 aromatic carbocycles. The van der Waals surface area contributed by atoms with E-state index in [-0.39, 0.29) is 29.5 Å². The smallest absolute Gasteiger partial charge is 0.261 e. The van der Waals surface area contributed by atoms with Gasteiger partial charge in [-0.3, -0.25) is 15.0 Å². The molecule has 0 aliphatic carbocycles. The van der Waals surface area contributed by atoms with Crippen molar-refractivity contribution in [1.29, 1.82) is 0 Å². The molecule has 1 atom stereocenters. The third-order valence-electron chi connectivity index (χ3n) is 3.94. The van der Waals surface area contributed by atoms with Crippen molar-refractivity contribution in [3.8, 4) is 5.75 Å². The summed E-state index contributed by atoms with van der Waals surface area (Å²) in [6, 6.07) is 7.45. The molecule has 1 heterocycles. The van der Waals surface area contributed by atoms with E-state index in [1.54, 1.807) is 23.8 Å². The number of phenols is 1. The summed E-state index contributed by atoms with van der Waals surface area (Å²) in [4.78, 5) is 16.1. The van der Waals surface area contributed by atoms with Gasteiger partial charge < -0.3 is 5.11 Å². The Morgan fingerprint density at radius 3 is 2.56 bits per heavy atom. The van der Waals surface area contributed by atoms with Gasteiger partial charge in [-0.2, -0.15) is 4.31 Å². The van der Waals surface area contributed by atoms with Crippen LogP contribution in [0.4, 0.5) is 0 Å². The molecule has 0 spiro atoms. The molecule has 1 aromatic heterocycles. The lowest BCUT2D eigenvalue weighted by Gasteiger charge is -2.30. The van der Waals surface area contributed by atoms with Crippen LogP contribution in [-0.2, 0) is 21.4 Å². The molecular formula is C18H23N3O5S. The molecular weight excluding hydrogens is 370 g/mol. The number of nitrogens with one attached hydrogen (secondary N) is 1. The summed E-state index contributed by atoms with van der Waals surface area (Å²) in [5, 5.41) is 18.8. The van der Waals surface area contributed by atoms with E-state index in [1.165, 1.54) is 24.4 Å². The van der Waals surface area contributed by atoms with Crippen LogP contribution in [0.2, 0.25) is 0 Å². The van der Waals surface area contributed by atoms with E-state index in [0.29, 0.717) is 5.56 Å². The number of carbonyl (C=O) groups is 1. The lowest BCUT2D eigenvalue weighted by Crippen LogP contribution is -2.49. The number of hydrogen-bond donors (Lipinski definition) is 3. The van der Waals surface area contributed by atoms with Gasteiger partial charge in [-0.25, -0.2) is 13.9 Å². The first-order valence-electron chi connectivity index (χ1n) is 8.39. The predicted molar refractivity (Wildman–Crippen MR) is 98.2 cm³/mol. The molecule has 0 saturated heterocycles. The number of phenolic OH excluding ortho intramolecular Hbond substituents is 1. The third-order valence-corrected chi connectivity index (χ3v) is 5.79. The van der Waals surface area contributed by atoms with Gasteiger partial charge in [-0.1, -0.05) is 26.0 Å². The van der Waals surface area contributed by atoms with Gasteiger partial charge in [-0.05, 0) is 42.2 Å². The van der Waals surface area contributed by atoms with Crippen molar-refractivity contribution in [1.82, 2.24) is 14.8 Å². The molecule has 0 saturated carbocycles. The van der Waals surface area contributed by atoms with Crippen molar-refractivity contribution in [3.63, 3.8) is 0 Å². The molecule has 0 radical (unpaired) electrons. The molecule has 1 amide bonds. The Balaban J connectivity index is 2.55. The first kappa shape index (κ1) is 20.8. The minimum absolute atomic E-state index is 0.0110. The molecule has 27 heavy (non-hydrogen) atoms. The molecule has 0 fully saturated rings. The van der Waals surface area contributed by atoms with E-state index in [4.69, 9.17) is 5.21 Å². The minimum Gasteiger partial charge on any atom is -0.508 e. The van der Waals surface area contributed by atoms with E-state index >= 15 is 0 Å². The fourth-order valence-electron chi connectivity index (χ4n) is 2.69. The van der Waals surface area contributed by atoms with Gasteiger partial charge in [0, 0.05) is 18.9 Å². The quantitative estimate of drug-likeness (QED) is 0.465. The normalized spacial score (nSPS) is 12.9. The summed E-state index contributed by atoms with van der Waals surface area (Å²) in [5.41, 5.74) is 2.15. The summed E-state index contributed by atoms with van der Waals surface area (Å²) in [5.74, 6) is -1.04. The molecule has 0 unspecified atom stereocenters. The average Bonchev–Trinajstić information content (AvgIpc) is 2.64. The highest BCUT2D eigenvalue weighted by Crippen LogP contribution is 2.26. The maximum atomic E-state index is 13.3. The first-order valence-corrected chi connectivity index (χ1v) is 9.83. The zero-order valence-electron chi connectivity index (χ0n) is 15.1. The van der Waals surface area contributed by atoms with Crippen LogP contribution in [0, 0.1) is 5.92 Å². The number of hydroxylamine groups is 1. The number of hydrogen-bond acceptors (Lipinski definition) is 6.